The van der Waals surface area contributed by atoms with Gasteiger partial charge in [-0.25, -0.2) is 13.2 Å². The second-order valence-electron chi connectivity index (χ2n) is 7.84. The molecule has 2 heterocycles. The van der Waals surface area contributed by atoms with E-state index in [-0.39, 0.29) is 16.2 Å². The zero-order valence-electron chi connectivity index (χ0n) is 18.4. The summed E-state index contributed by atoms with van der Waals surface area (Å²) in [5.41, 5.74) is 2.49. The van der Waals surface area contributed by atoms with E-state index in [1.165, 1.54) is 28.6 Å². The maximum atomic E-state index is 13.0. The number of sulfonamides is 1. The van der Waals surface area contributed by atoms with Gasteiger partial charge in [0.05, 0.1) is 10.5 Å². The van der Waals surface area contributed by atoms with Crippen LogP contribution in [0.25, 0.3) is 0 Å². The first kappa shape index (κ1) is 23.4. The Morgan fingerprint density at radius 1 is 0.971 bits per heavy atom. The Balaban J connectivity index is 1.34. The van der Waals surface area contributed by atoms with Crippen molar-refractivity contribution in [3.05, 3.63) is 89.2 Å². The number of amides is 2. The minimum absolute atomic E-state index is 0.0642. The number of fused-ring (bicyclic) bond motifs is 1. The molecule has 4 rings (SSSR count). The van der Waals surface area contributed by atoms with Crippen molar-refractivity contribution in [2.24, 2.45) is 7.05 Å². The Hall–Kier alpha value is -3.76. The summed E-state index contributed by atoms with van der Waals surface area (Å²) in [6.45, 7) is 0.0147. The molecule has 1 N–H and O–H groups in total. The third-order valence-electron chi connectivity index (χ3n) is 5.59. The van der Waals surface area contributed by atoms with E-state index in [0.29, 0.717) is 19.5 Å². The number of rotatable bonds is 6. The number of carbonyl (C=O) groups excluding carboxylic acids is 3. The van der Waals surface area contributed by atoms with Crippen molar-refractivity contribution in [2.75, 3.05) is 13.2 Å². The zero-order chi connectivity index (χ0) is 24.3. The molecule has 3 aromatic rings. The molecule has 0 saturated carbocycles. The third-order valence-corrected chi connectivity index (χ3v) is 7.45. The molecule has 34 heavy (non-hydrogen) atoms. The fraction of sp³-hybridized carbons (Fsp3) is 0.208. The number of benzene rings is 2. The minimum Gasteiger partial charge on any atom is -0.452 e. The Morgan fingerprint density at radius 2 is 1.68 bits per heavy atom. The number of nitrogens with zero attached hydrogens (tertiary/aromatic N) is 2. The van der Waals surface area contributed by atoms with E-state index in [1.807, 2.05) is 24.3 Å². The molecule has 0 fully saturated rings. The number of aromatic nitrogens is 1. The van der Waals surface area contributed by atoms with Crippen LogP contribution in [0.3, 0.4) is 0 Å². The van der Waals surface area contributed by atoms with Gasteiger partial charge in [0, 0.05) is 26.3 Å². The predicted octanol–water partition coefficient (Wildman–Crippen LogP) is 1.89. The number of ether oxygens (including phenoxy) is 1. The van der Waals surface area contributed by atoms with Gasteiger partial charge in [-0.15, -0.1) is 0 Å². The fourth-order valence-electron chi connectivity index (χ4n) is 3.73. The van der Waals surface area contributed by atoms with Crippen molar-refractivity contribution < 1.29 is 27.5 Å². The number of hydrogen-bond acceptors (Lipinski definition) is 6. The molecule has 2 aromatic carbocycles. The van der Waals surface area contributed by atoms with Crippen molar-refractivity contribution >= 4 is 27.8 Å². The topological polar surface area (TPSA) is 115 Å². The molecule has 0 saturated heterocycles. The van der Waals surface area contributed by atoms with Crippen molar-refractivity contribution in [1.82, 2.24) is 14.2 Å². The molecule has 1 aliphatic rings. The minimum atomic E-state index is -3.73. The summed E-state index contributed by atoms with van der Waals surface area (Å²) in [6.07, 6.45) is 2.29. The smallest absolute Gasteiger partial charge is 0.338 e. The van der Waals surface area contributed by atoms with Crippen LogP contribution in [-0.2, 0) is 39.6 Å². The van der Waals surface area contributed by atoms with Gasteiger partial charge < -0.3 is 9.30 Å². The van der Waals surface area contributed by atoms with Gasteiger partial charge in [0.15, 0.2) is 6.61 Å². The van der Waals surface area contributed by atoms with E-state index in [0.717, 1.165) is 11.1 Å². The highest BCUT2D eigenvalue weighted by Gasteiger charge is 2.28. The Labute approximate surface area is 197 Å². The van der Waals surface area contributed by atoms with Gasteiger partial charge in [0.25, 0.3) is 11.8 Å². The van der Waals surface area contributed by atoms with Crippen LogP contribution >= 0.6 is 0 Å². The number of esters is 1. The quantitative estimate of drug-likeness (QED) is 0.538. The van der Waals surface area contributed by atoms with E-state index in [9.17, 15) is 22.8 Å². The Kier molecular flexibility index (Phi) is 6.62. The lowest BCUT2D eigenvalue weighted by atomic mass is 10.0. The molecule has 1 aromatic heterocycles. The fourth-order valence-corrected chi connectivity index (χ4v) is 5.14. The van der Waals surface area contributed by atoms with E-state index >= 15 is 0 Å². The summed E-state index contributed by atoms with van der Waals surface area (Å²) in [6, 6.07) is 16.3. The number of nitrogens with one attached hydrogen (secondary N) is 1. The van der Waals surface area contributed by atoms with Gasteiger partial charge in [-0.2, -0.15) is 4.31 Å². The average molecular weight is 482 g/mol. The van der Waals surface area contributed by atoms with Gasteiger partial charge in [0.1, 0.15) is 5.69 Å². The molecule has 0 bridgehead atoms. The van der Waals surface area contributed by atoms with Crippen LogP contribution in [0, 0.1) is 0 Å². The highest BCUT2D eigenvalue weighted by molar-refractivity contribution is 7.89. The van der Waals surface area contributed by atoms with Gasteiger partial charge in [0.2, 0.25) is 10.0 Å². The van der Waals surface area contributed by atoms with Crippen molar-refractivity contribution in [2.45, 2.75) is 17.9 Å². The molecule has 0 radical (unpaired) electrons. The van der Waals surface area contributed by atoms with Crippen LogP contribution in [0.5, 0.6) is 0 Å². The van der Waals surface area contributed by atoms with Gasteiger partial charge in [-0.1, -0.05) is 24.3 Å². The highest BCUT2D eigenvalue weighted by atomic mass is 32.2. The Bertz CT molecular complexity index is 1350. The number of imide groups is 1. The van der Waals surface area contributed by atoms with Crippen LogP contribution < -0.4 is 5.32 Å². The van der Waals surface area contributed by atoms with Crippen molar-refractivity contribution in [3.8, 4) is 0 Å². The number of carbonyl (C=O) groups is 3. The van der Waals surface area contributed by atoms with Gasteiger partial charge in [-0.3, -0.25) is 14.9 Å². The maximum absolute atomic E-state index is 13.0. The standard InChI is InChI=1S/C24H23N3O6S/c1-26-13-4-7-21(26)23(29)25-22(28)16-33-24(30)18-8-10-20(11-9-18)34(31,32)27-14-12-17-5-2-3-6-19(17)15-27/h2-11,13H,12,14-16H2,1H3,(H,25,28,29). The van der Waals surface area contributed by atoms with E-state index in [2.05, 4.69) is 5.32 Å². The molecule has 176 valence electrons. The lowest BCUT2D eigenvalue weighted by Crippen LogP contribution is -2.36. The number of aryl methyl sites for hydroxylation is 1. The van der Waals surface area contributed by atoms with Crippen LogP contribution in [0.2, 0.25) is 0 Å². The first-order valence-electron chi connectivity index (χ1n) is 10.6. The summed E-state index contributed by atoms with van der Waals surface area (Å²) < 4.78 is 34.0. The van der Waals surface area contributed by atoms with Crippen LogP contribution in [0.1, 0.15) is 32.0 Å². The summed E-state index contributed by atoms with van der Waals surface area (Å²) in [7, 11) is -2.07. The zero-order valence-corrected chi connectivity index (χ0v) is 19.2. The first-order chi connectivity index (χ1) is 16.3. The van der Waals surface area contributed by atoms with Crippen LogP contribution in [0.15, 0.2) is 71.8 Å². The van der Waals surface area contributed by atoms with E-state index < -0.39 is 34.4 Å². The highest BCUT2D eigenvalue weighted by Crippen LogP contribution is 2.25. The molecular formula is C24H23N3O6S. The second kappa shape index (κ2) is 9.62. The maximum Gasteiger partial charge on any atom is 0.338 e. The molecule has 2 amide bonds. The SMILES string of the molecule is Cn1cccc1C(=O)NC(=O)COC(=O)c1ccc(S(=O)(=O)N2CCc3ccccc3C2)cc1. The molecule has 0 aliphatic carbocycles. The summed E-state index contributed by atoms with van der Waals surface area (Å²) in [5.74, 6) is -2.19. The second-order valence-corrected chi connectivity index (χ2v) is 9.78. The summed E-state index contributed by atoms with van der Waals surface area (Å²) >= 11 is 0. The van der Waals surface area contributed by atoms with E-state index in [1.54, 1.807) is 29.9 Å². The molecular weight excluding hydrogens is 458 g/mol. The van der Waals surface area contributed by atoms with Crippen LogP contribution in [0.4, 0.5) is 0 Å². The van der Waals surface area contributed by atoms with Crippen molar-refractivity contribution in [1.29, 1.82) is 0 Å². The molecule has 0 spiro atoms. The lowest BCUT2D eigenvalue weighted by Gasteiger charge is -2.28. The van der Waals surface area contributed by atoms with Gasteiger partial charge >= 0.3 is 5.97 Å². The molecule has 0 atom stereocenters. The van der Waals surface area contributed by atoms with Gasteiger partial charge in [-0.05, 0) is 53.9 Å². The predicted molar refractivity (Wildman–Crippen MR) is 122 cm³/mol. The van der Waals surface area contributed by atoms with Crippen LogP contribution in [-0.4, -0.2) is 48.2 Å². The third kappa shape index (κ3) is 4.92. The molecule has 1 aliphatic heterocycles. The monoisotopic (exact) mass is 481 g/mol. The molecule has 0 unspecified atom stereocenters. The lowest BCUT2D eigenvalue weighted by molar-refractivity contribution is -0.123. The molecule has 9 nitrogen and oxygen atoms in total. The molecule has 10 heteroatoms. The largest absolute Gasteiger partial charge is 0.452 e. The summed E-state index contributed by atoms with van der Waals surface area (Å²) in [5, 5.41) is 2.14. The average Bonchev–Trinajstić information content (AvgIpc) is 3.28. The van der Waals surface area contributed by atoms with E-state index in [4.69, 9.17) is 4.74 Å². The number of hydrogen-bond donors (Lipinski definition) is 1. The van der Waals surface area contributed by atoms with Crippen molar-refractivity contribution in [3.63, 3.8) is 0 Å². The summed E-state index contributed by atoms with van der Waals surface area (Å²) in [4.78, 5) is 36.3. The Morgan fingerprint density at radius 3 is 2.35 bits per heavy atom. The first-order valence-corrected chi connectivity index (χ1v) is 12.0. The normalized spacial score (nSPS) is 13.7.